The molecule has 1 aliphatic heterocycles. The zero-order chi connectivity index (χ0) is 8.32. The van der Waals surface area contributed by atoms with Crippen molar-refractivity contribution in [2.45, 2.75) is 40.0 Å². The van der Waals surface area contributed by atoms with E-state index in [0.717, 1.165) is 5.92 Å². The Morgan fingerprint density at radius 1 is 1.36 bits per heavy atom. The van der Waals surface area contributed by atoms with Gasteiger partial charge in [0.2, 0.25) is 0 Å². The lowest BCUT2D eigenvalue weighted by Crippen LogP contribution is -2.12. The summed E-state index contributed by atoms with van der Waals surface area (Å²) in [5, 5.41) is 3.41. The zero-order valence-electron chi connectivity index (χ0n) is 8.11. The van der Waals surface area contributed by atoms with Crippen molar-refractivity contribution in [1.29, 1.82) is 0 Å². The maximum atomic E-state index is 3.41. The van der Waals surface area contributed by atoms with Crippen molar-refractivity contribution in [2.75, 3.05) is 13.1 Å². The summed E-state index contributed by atoms with van der Waals surface area (Å²) in [4.78, 5) is 0. The Hall–Kier alpha value is -0.0400. The minimum absolute atomic E-state index is 0.530. The van der Waals surface area contributed by atoms with Gasteiger partial charge in [-0.25, -0.2) is 0 Å². The second kappa shape index (κ2) is 3.57. The average molecular weight is 155 g/mol. The van der Waals surface area contributed by atoms with E-state index in [2.05, 4.69) is 26.1 Å². The first-order valence-corrected chi connectivity index (χ1v) is 4.79. The van der Waals surface area contributed by atoms with Gasteiger partial charge in [-0.05, 0) is 43.7 Å². The third-order valence-electron chi connectivity index (χ3n) is 2.46. The molecule has 1 rings (SSSR count). The van der Waals surface area contributed by atoms with Gasteiger partial charge in [0, 0.05) is 0 Å². The Kier molecular flexibility index (Phi) is 2.94. The van der Waals surface area contributed by atoms with Crippen LogP contribution in [0.5, 0.6) is 0 Å². The predicted molar refractivity (Wildman–Crippen MR) is 49.7 cm³/mol. The van der Waals surface area contributed by atoms with E-state index < -0.39 is 0 Å². The summed E-state index contributed by atoms with van der Waals surface area (Å²) in [5.74, 6) is 0.967. The third-order valence-corrected chi connectivity index (χ3v) is 2.46. The summed E-state index contributed by atoms with van der Waals surface area (Å²) >= 11 is 0. The molecule has 1 saturated heterocycles. The van der Waals surface area contributed by atoms with Gasteiger partial charge in [0.15, 0.2) is 0 Å². The molecule has 0 aromatic heterocycles. The lowest BCUT2D eigenvalue weighted by atomic mass is 9.86. The highest BCUT2D eigenvalue weighted by Gasteiger charge is 2.17. The highest BCUT2D eigenvalue weighted by atomic mass is 14.9. The van der Waals surface area contributed by atoms with Gasteiger partial charge in [0.1, 0.15) is 0 Å². The maximum absolute atomic E-state index is 3.41. The lowest BCUT2D eigenvalue weighted by Gasteiger charge is -2.19. The van der Waals surface area contributed by atoms with E-state index in [0.29, 0.717) is 5.41 Å². The molecule has 1 atom stereocenters. The molecule has 0 aliphatic carbocycles. The van der Waals surface area contributed by atoms with Gasteiger partial charge in [-0.3, -0.25) is 0 Å². The second-order valence-electron chi connectivity index (χ2n) is 4.96. The molecule has 0 spiro atoms. The van der Waals surface area contributed by atoms with Crippen LogP contribution in [0, 0.1) is 11.3 Å². The van der Waals surface area contributed by atoms with Crippen LogP contribution in [0.2, 0.25) is 0 Å². The van der Waals surface area contributed by atoms with Gasteiger partial charge < -0.3 is 5.32 Å². The van der Waals surface area contributed by atoms with Crippen molar-refractivity contribution in [3.05, 3.63) is 0 Å². The van der Waals surface area contributed by atoms with Gasteiger partial charge in [0.05, 0.1) is 0 Å². The summed E-state index contributed by atoms with van der Waals surface area (Å²) in [6.45, 7) is 9.49. The van der Waals surface area contributed by atoms with E-state index in [4.69, 9.17) is 0 Å². The molecular formula is C10H21N. The monoisotopic (exact) mass is 155 g/mol. The summed E-state index contributed by atoms with van der Waals surface area (Å²) in [5.41, 5.74) is 0.530. The van der Waals surface area contributed by atoms with Crippen molar-refractivity contribution in [1.82, 2.24) is 5.32 Å². The second-order valence-corrected chi connectivity index (χ2v) is 4.96. The van der Waals surface area contributed by atoms with Crippen LogP contribution in [0.3, 0.4) is 0 Å². The van der Waals surface area contributed by atoms with Crippen LogP contribution in [0.15, 0.2) is 0 Å². The first-order chi connectivity index (χ1) is 5.08. The highest BCUT2D eigenvalue weighted by molar-refractivity contribution is 4.73. The molecule has 0 radical (unpaired) electrons. The number of rotatable bonds is 2. The molecule has 0 aromatic rings. The largest absolute Gasteiger partial charge is 0.316 e. The van der Waals surface area contributed by atoms with E-state index in [1.807, 2.05) is 0 Å². The molecule has 66 valence electrons. The van der Waals surface area contributed by atoms with E-state index >= 15 is 0 Å². The van der Waals surface area contributed by atoms with Gasteiger partial charge in [-0.1, -0.05) is 20.8 Å². The quantitative estimate of drug-likeness (QED) is 0.646. The van der Waals surface area contributed by atoms with Crippen molar-refractivity contribution >= 4 is 0 Å². The van der Waals surface area contributed by atoms with Gasteiger partial charge >= 0.3 is 0 Å². The van der Waals surface area contributed by atoms with Crippen LogP contribution in [0.1, 0.15) is 40.0 Å². The molecular weight excluding hydrogens is 134 g/mol. The third kappa shape index (κ3) is 3.76. The summed E-state index contributed by atoms with van der Waals surface area (Å²) < 4.78 is 0. The molecule has 11 heavy (non-hydrogen) atoms. The van der Waals surface area contributed by atoms with Crippen LogP contribution < -0.4 is 5.32 Å². The molecule has 1 heteroatoms. The van der Waals surface area contributed by atoms with Crippen molar-refractivity contribution in [3.63, 3.8) is 0 Å². The van der Waals surface area contributed by atoms with E-state index in [-0.39, 0.29) is 0 Å². The molecule has 0 bridgehead atoms. The van der Waals surface area contributed by atoms with Crippen LogP contribution in [-0.4, -0.2) is 13.1 Å². The van der Waals surface area contributed by atoms with Crippen LogP contribution in [0.25, 0.3) is 0 Å². The van der Waals surface area contributed by atoms with Crippen molar-refractivity contribution < 1.29 is 0 Å². The van der Waals surface area contributed by atoms with Gasteiger partial charge in [0.25, 0.3) is 0 Å². The molecule has 1 aliphatic rings. The molecule has 1 nitrogen and oxygen atoms in total. The summed E-state index contributed by atoms with van der Waals surface area (Å²) in [7, 11) is 0. The molecule has 1 fully saturated rings. The van der Waals surface area contributed by atoms with Gasteiger partial charge in [-0.15, -0.1) is 0 Å². The SMILES string of the molecule is CC(C)(C)CC[C@H]1CCNC1. The summed E-state index contributed by atoms with van der Waals surface area (Å²) in [6.07, 6.45) is 4.19. The number of hydrogen-bond acceptors (Lipinski definition) is 1. The van der Waals surface area contributed by atoms with Crippen LogP contribution in [-0.2, 0) is 0 Å². The zero-order valence-corrected chi connectivity index (χ0v) is 8.11. The molecule has 1 heterocycles. The van der Waals surface area contributed by atoms with Crippen LogP contribution >= 0.6 is 0 Å². The Labute approximate surface area is 70.6 Å². The first-order valence-electron chi connectivity index (χ1n) is 4.79. The van der Waals surface area contributed by atoms with Crippen molar-refractivity contribution in [2.24, 2.45) is 11.3 Å². The Bertz CT molecular complexity index is 107. The molecule has 0 aromatic carbocycles. The van der Waals surface area contributed by atoms with E-state index in [1.165, 1.54) is 32.4 Å². The Morgan fingerprint density at radius 3 is 2.55 bits per heavy atom. The van der Waals surface area contributed by atoms with Crippen LogP contribution in [0.4, 0.5) is 0 Å². The standard InChI is InChI=1S/C10H21N/c1-10(2,3)6-4-9-5-7-11-8-9/h9,11H,4-8H2,1-3H3/t9-/m0/s1. The van der Waals surface area contributed by atoms with Crippen molar-refractivity contribution in [3.8, 4) is 0 Å². The number of hydrogen-bond donors (Lipinski definition) is 1. The van der Waals surface area contributed by atoms with E-state index in [9.17, 15) is 0 Å². The summed E-state index contributed by atoms with van der Waals surface area (Å²) in [6, 6.07) is 0. The fraction of sp³-hybridized carbons (Fsp3) is 1.00. The molecule has 0 saturated carbocycles. The smallest absolute Gasteiger partial charge is 0.00200 e. The minimum atomic E-state index is 0.530. The first kappa shape index (κ1) is 9.05. The molecule has 1 N–H and O–H groups in total. The fourth-order valence-corrected chi connectivity index (χ4v) is 1.60. The Balaban J connectivity index is 2.11. The average Bonchev–Trinajstić information content (AvgIpc) is 2.32. The normalized spacial score (nSPS) is 25.9. The van der Waals surface area contributed by atoms with Gasteiger partial charge in [-0.2, -0.15) is 0 Å². The Morgan fingerprint density at radius 2 is 2.09 bits per heavy atom. The highest BCUT2D eigenvalue weighted by Crippen LogP contribution is 2.25. The topological polar surface area (TPSA) is 12.0 Å². The molecule has 0 unspecified atom stereocenters. The predicted octanol–water partition coefficient (Wildman–Crippen LogP) is 2.42. The lowest BCUT2D eigenvalue weighted by molar-refractivity contribution is 0.330. The number of nitrogens with one attached hydrogen (secondary N) is 1. The van der Waals surface area contributed by atoms with E-state index in [1.54, 1.807) is 0 Å². The molecule has 0 amide bonds. The fourth-order valence-electron chi connectivity index (χ4n) is 1.60. The minimum Gasteiger partial charge on any atom is -0.316 e. The maximum Gasteiger partial charge on any atom is -0.00200 e.